The van der Waals surface area contributed by atoms with Crippen molar-refractivity contribution in [2.24, 2.45) is 0 Å². The standard InChI is InChI=1S/C12H18BrNO3S2/c1-9-4-5-11(18-9)19(15,16)14-7-10(6-13)17-12(2,3)8-14/h4-5,10H,6-8H2,1-3H3. The van der Waals surface area contributed by atoms with Crippen LogP contribution in [-0.4, -0.2) is 42.8 Å². The molecule has 0 saturated carbocycles. The largest absolute Gasteiger partial charge is 0.369 e. The third-order valence-corrected chi connectivity index (χ3v) is 6.93. The Morgan fingerprint density at radius 1 is 1.53 bits per heavy atom. The van der Waals surface area contributed by atoms with E-state index in [-0.39, 0.29) is 6.10 Å². The van der Waals surface area contributed by atoms with Crippen molar-refractivity contribution < 1.29 is 13.2 Å². The number of rotatable bonds is 3. The molecular weight excluding hydrogens is 350 g/mol. The zero-order valence-electron chi connectivity index (χ0n) is 11.2. The average molecular weight is 368 g/mol. The Kier molecular flexibility index (Phi) is 4.42. The molecule has 0 amide bonds. The van der Waals surface area contributed by atoms with Gasteiger partial charge in [0.15, 0.2) is 0 Å². The second-order valence-corrected chi connectivity index (χ2v) is 9.42. The summed E-state index contributed by atoms with van der Waals surface area (Å²) < 4.78 is 33.0. The molecule has 0 aliphatic carbocycles. The summed E-state index contributed by atoms with van der Waals surface area (Å²) in [5.74, 6) is 0. The summed E-state index contributed by atoms with van der Waals surface area (Å²) in [4.78, 5) is 1.00. The van der Waals surface area contributed by atoms with Crippen molar-refractivity contribution >= 4 is 37.3 Å². The van der Waals surface area contributed by atoms with E-state index in [0.29, 0.717) is 22.6 Å². The maximum atomic E-state index is 12.6. The number of ether oxygens (including phenoxy) is 1. The fourth-order valence-corrected chi connectivity index (χ4v) is 5.58. The van der Waals surface area contributed by atoms with E-state index in [2.05, 4.69) is 15.9 Å². The van der Waals surface area contributed by atoms with E-state index in [1.807, 2.05) is 26.8 Å². The van der Waals surface area contributed by atoms with Crippen LogP contribution in [0.15, 0.2) is 16.3 Å². The lowest BCUT2D eigenvalue weighted by Gasteiger charge is -2.41. The summed E-state index contributed by atoms with van der Waals surface area (Å²) in [6.45, 7) is 6.53. The van der Waals surface area contributed by atoms with Crippen molar-refractivity contribution in [3.63, 3.8) is 0 Å². The maximum absolute atomic E-state index is 12.6. The molecule has 7 heteroatoms. The van der Waals surface area contributed by atoms with Gasteiger partial charge >= 0.3 is 0 Å². The molecule has 0 bridgehead atoms. The molecule has 1 aliphatic heterocycles. The molecule has 2 heterocycles. The Balaban J connectivity index is 2.29. The van der Waals surface area contributed by atoms with Gasteiger partial charge in [-0.15, -0.1) is 11.3 Å². The number of hydrogen-bond acceptors (Lipinski definition) is 4. The summed E-state index contributed by atoms with van der Waals surface area (Å²) in [7, 11) is -3.40. The highest BCUT2D eigenvalue weighted by molar-refractivity contribution is 9.09. The van der Waals surface area contributed by atoms with Crippen LogP contribution < -0.4 is 0 Å². The molecule has 0 radical (unpaired) electrons. The second-order valence-electron chi connectivity index (χ2n) is 5.32. The molecule has 1 unspecified atom stereocenters. The van der Waals surface area contributed by atoms with Crippen LogP contribution in [0.5, 0.6) is 0 Å². The van der Waals surface area contributed by atoms with E-state index in [9.17, 15) is 8.42 Å². The van der Waals surface area contributed by atoms with Gasteiger partial charge in [0.1, 0.15) is 4.21 Å². The van der Waals surface area contributed by atoms with Gasteiger partial charge in [-0.3, -0.25) is 0 Å². The number of sulfonamides is 1. The number of aryl methyl sites for hydroxylation is 1. The summed E-state index contributed by atoms with van der Waals surface area (Å²) in [5, 5.41) is 0.631. The van der Waals surface area contributed by atoms with Gasteiger partial charge in [-0.05, 0) is 32.9 Å². The molecule has 1 aromatic rings. The normalized spacial score (nSPS) is 24.5. The number of hydrogen-bond donors (Lipinski definition) is 0. The predicted octanol–water partition coefficient (Wildman–Crippen LogP) is 2.62. The van der Waals surface area contributed by atoms with Crippen molar-refractivity contribution in [2.75, 3.05) is 18.4 Å². The SMILES string of the molecule is Cc1ccc(S(=O)(=O)N2CC(CBr)OC(C)(C)C2)s1. The van der Waals surface area contributed by atoms with E-state index in [1.165, 1.54) is 15.6 Å². The summed E-state index contributed by atoms with van der Waals surface area (Å²) in [6, 6.07) is 3.52. The van der Waals surface area contributed by atoms with Crippen LogP contribution in [0.25, 0.3) is 0 Å². The first-order valence-electron chi connectivity index (χ1n) is 6.05. The number of halogens is 1. The van der Waals surface area contributed by atoms with Gasteiger partial charge in [0.2, 0.25) is 0 Å². The van der Waals surface area contributed by atoms with Gasteiger partial charge < -0.3 is 4.74 Å². The fourth-order valence-electron chi connectivity index (χ4n) is 2.18. The van der Waals surface area contributed by atoms with E-state index >= 15 is 0 Å². The molecule has 0 aromatic carbocycles. The molecule has 2 rings (SSSR count). The lowest BCUT2D eigenvalue weighted by molar-refractivity contribution is -0.106. The van der Waals surface area contributed by atoms with E-state index in [1.54, 1.807) is 6.07 Å². The van der Waals surface area contributed by atoms with Crippen molar-refractivity contribution in [3.8, 4) is 0 Å². The van der Waals surface area contributed by atoms with Crippen LogP contribution in [0, 0.1) is 6.92 Å². The highest BCUT2D eigenvalue weighted by Crippen LogP contribution is 2.30. The highest BCUT2D eigenvalue weighted by Gasteiger charge is 2.39. The van der Waals surface area contributed by atoms with Crippen molar-refractivity contribution in [1.82, 2.24) is 4.31 Å². The molecule has 0 spiro atoms. The van der Waals surface area contributed by atoms with Gasteiger partial charge in [0.25, 0.3) is 10.0 Å². The third-order valence-electron chi connectivity index (χ3n) is 2.93. The fraction of sp³-hybridized carbons (Fsp3) is 0.667. The van der Waals surface area contributed by atoms with Crippen LogP contribution in [0.3, 0.4) is 0 Å². The number of alkyl halides is 1. The van der Waals surface area contributed by atoms with Crippen LogP contribution in [0.2, 0.25) is 0 Å². The molecule has 108 valence electrons. The molecule has 19 heavy (non-hydrogen) atoms. The van der Waals surface area contributed by atoms with Gasteiger partial charge in [0, 0.05) is 23.3 Å². The Morgan fingerprint density at radius 2 is 2.21 bits per heavy atom. The minimum absolute atomic E-state index is 0.111. The average Bonchev–Trinajstić information content (AvgIpc) is 2.74. The van der Waals surface area contributed by atoms with Crippen LogP contribution in [0.1, 0.15) is 18.7 Å². The van der Waals surface area contributed by atoms with Gasteiger partial charge in [-0.2, -0.15) is 4.31 Å². The Hall–Kier alpha value is 0.0500. The first-order chi connectivity index (χ1) is 8.74. The Morgan fingerprint density at radius 3 is 2.74 bits per heavy atom. The van der Waals surface area contributed by atoms with E-state index in [0.717, 1.165) is 4.88 Å². The molecule has 4 nitrogen and oxygen atoms in total. The molecule has 1 fully saturated rings. The topological polar surface area (TPSA) is 46.6 Å². The monoisotopic (exact) mass is 367 g/mol. The van der Waals surface area contributed by atoms with Gasteiger partial charge in [0.05, 0.1) is 11.7 Å². The number of nitrogens with zero attached hydrogens (tertiary/aromatic N) is 1. The molecule has 1 atom stereocenters. The zero-order valence-corrected chi connectivity index (χ0v) is 14.4. The van der Waals surface area contributed by atoms with Crippen molar-refractivity contribution in [3.05, 3.63) is 17.0 Å². The predicted molar refractivity (Wildman–Crippen MR) is 80.6 cm³/mol. The highest BCUT2D eigenvalue weighted by atomic mass is 79.9. The lowest BCUT2D eigenvalue weighted by atomic mass is 10.1. The van der Waals surface area contributed by atoms with Crippen LogP contribution in [0.4, 0.5) is 0 Å². The minimum atomic E-state index is -3.40. The van der Waals surface area contributed by atoms with Gasteiger partial charge in [-0.25, -0.2) is 8.42 Å². The molecular formula is C12H18BrNO3S2. The maximum Gasteiger partial charge on any atom is 0.252 e. The summed E-state index contributed by atoms with van der Waals surface area (Å²) in [5.41, 5.74) is -0.462. The van der Waals surface area contributed by atoms with Crippen molar-refractivity contribution in [1.29, 1.82) is 0 Å². The zero-order chi connectivity index (χ0) is 14.3. The number of thiophene rings is 1. The van der Waals surface area contributed by atoms with E-state index < -0.39 is 15.6 Å². The third kappa shape index (κ3) is 3.39. The van der Waals surface area contributed by atoms with Crippen molar-refractivity contribution in [2.45, 2.75) is 36.7 Å². The lowest BCUT2D eigenvalue weighted by Crippen LogP contribution is -2.54. The Bertz CT molecular complexity index is 553. The van der Waals surface area contributed by atoms with Crippen LogP contribution in [-0.2, 0) is 14.8 Å². The minimum Gasteiger partial charge on any atom is -0.369 e. The molecule has 1 aliphatic rings. The smallest absolute Gasteiger partial charge is 0.252 e. The quantitative estimate of drug-likeness (QED) is 0.771. The first-order valence-corrected chi connectivity index (χ1v) is 9.43. The first kappa shape index (κ1) is 15.4. The molecule has 0 N–H and O–H groups in total. The summed E-state index contributed by atoms with van der Waals surface area (Å²) in [6.07, 6.45) is -0.111. The molecule has 1 saturated heterocycles. The number of morpholine rings is 1. The summed E-state index contributed by atoms with van der Waals surface area (Å²) >= 11 is 4.69. The Labute approximate surface area is 126 Å². The van der Waals surface area contributed by atoms with Gasteiger partial charge in [-0.1, -0.05) is 15.9 Å². The molecule has 1 aromatic heterocycles. The van der Waals surface area contributed by atoms with E-state index in [4.69, 9.17) is 4.74 Å². The van der Waals surface area contributed by atoms with Crippen LogP contribution >= 0.6 is 27.3 Å². The second kappa shape index (κ2) is 5.44.